The zero-order chi connectivity index (χ0) is 23.9. The molecule has 0 saturated heterocycles. The van der Waals surface area contributed by atoms with Gasteiger partial charge >= 0.3 is 11.4 Å². The summed E-state index contributed by atoms with van der Waals surface area (Å²) >= 11 is 0. The van der Waals surface area contributed by atoms with Crippen LogP contribution in [0, 0.1) is 10.1 Å². The third kappa shape index (κ3) is 3.91. The van der Waals surface area contributed by atoms with Crippen molar-refractivity contribution in [2.75, 3.05) is 5.32 Å². The lowest BCUT2D eigenvalue weighted by Gasteiger charge is -2.09. The second-order valence-electron chi connectivity index (χ2n) is 7.38. The van der Waals surface area contributed by atoms with Gasteiger partial charge in [0.2, 0.25) is 5.91 Å². The highest BCUT2D eigenvalue weighted by Gasteiger charge is 2.15. The minimum Gasteiger partial charge on any atom is -0.407 e. The number of aromatic nitrogens is 4. The number of hydrogen-bond acceptors (Lipinski definition) is 8. The summed E-state index contributed by atoms with van der Waals surface area (Å²) in [5.74, 6) is -1.04. The second-order valence-corrected chi connectivity index (χ2v) is 7.38. The summed E-state index contributed by atoms with van der Waals surface area (Å²) in [5, 5.41) is 13.7. The molecule has 4 rings (SSSR count). The number of anilines is 1. The lowest BCUT2D eigenvalue weighted by molar-refractivity contribution is -0.384. The normalized spacial score (nSPS) is 11.2. The van der Waals surface area contributed by atoms with Crippen LogP contribution in [0.15, 0.2) is 49.3 Å². The van der Waals surface area contributed by atoms with Gasteiger partial charge in [-0.3, -0.25) is 33.4 Å². The monoisotopic (exact) mass is 454 g/mol. The van der Waals surface area contributed by atoms with Crippen molar-refractivity contribution in [3.05, 3.63) is 72.0 Å². The third-order valence-electron chi connectivity index (χ3n) is 5.23. The molecule has 3 heterocycles. The summed E-state index contributed by atoms with van der Waals surface area (Å²) in [6.07, 6.45) is 1.68. The molecule has 170 valence electrons. The summed E-state index contributed by atoms with van der Waals surface area (Å²) in [6, 6.07) is 5.32. The summed E-state index contributed by atoms with van der Waals surface area (Å²) in [7, 11) is 2.85. The van der Waals surface area contributed by atoms with Crippen LogP contribution in [0.4, 0.5) is 11.4 Å². The van der Waals surface area contributed by atoms with Crippen molar-refractivity contribution in [2.24, 2.45) is 14.1 Å². The number of non-ortho nitro benzene ring substituents is 1. The number of pyridine rings is 1. The Hall–Kier alpha value is -4.55. The highest BCUT2D eigenvalue weighted by Crippen LogP contribution is 2.20. The molecule has 0 unspecified atom stereocenters. The zero-order valence-electron chi connectivity index (χ0n) is 17.6. The Balaban J connectivity index is 1.46. The largest absolute Gasteiger partial charge is 0.419 e. The van der Waals surface area contributed by atoms with Crippen molar-refractivity contribution in [1.29, 1.82) is 0 Å². The van der Waals surface area contributed by atoms with E-state index in [0.29, 0.717) is 11.2 Å². The van der Waals surface area contributed by atoms with Crippen LogP contribution in [-0.4, -0.2) is 29.5 Å². The van der Waals surface area contributed by atoms with Gasteiger partial charge in [0.15, 0.2) is 5.58 Å². The molecule has 0 aliphatic carbocycles. The Labute approximate surface area is 183 Å². The SMILES string of the molecule is Cn1c(=O)c2cc(NC(=O)CCCn3c(=O)oc4cc([N+](=O)[O-])ccc43)cnc2n(C)c1=O. The first kappa shape index (κ1) is 21.7. The second kappa shape index (κ2) is 8.18. The molecule has 4 aromatic rings. The quantitative estimate of drug-likeness (QED) is 0.331. The first-order valence-corrected chi connectivity index (χ1v) is 9.81. The molecule has 0 radical (unpaired) electrons. The number of benzene rings is 1. The molecule has 0 aliphatic heterocycles. The van der Waals surface area contributed by atoms with Crippen molar-refractivity contribution in [3.8, 4) is 0 Å². The minimum absolute atomic E-state index is 0.0510. The number of nitrogens with one attached hydrogen (secondary N) is 1. The van der Waals surface area contributed by atoms with E-state index in [1.54, 1.807) is 0 Å². The van der Waals surface area contributed by atoms with Gasteiger partial charge < -0.3 is 9.73 Å². The lowest BCUT2D eigenvalue weighted by atomic mass is 10.2. The molecule has 3 aromatic heterocycles. The first-order chi connectivity index (χ1) is 15.7. The van der Waals surface area contributed by atoms with Crippen LogP contribution < -0.4 is 22.3 Å². The van der Waals surface area contributed by atoms with Crippen LogP contribution in [0.1, 0.15) is 12.8 Å². The Morgan fingerprint density at radius 2 is 1.94 bits per heavy atom. The average Bonchev–Trinajstić information content (AvgIpc) is 3.10. The van der Waals surface area contributed by atoms with Gasteiger partial charge in [0.25, 0.3) is 11.2 Å². The molecule has 0 bridgehead atoms. The molecule has 13 nitrogen and oxygen atoms in total. The first-order valence-electron chi connectivity index (χ1n) is 9.81. The summed E-state index contributed by atoms with van der Waals surface area (Å²) in [5.41, 5.74) is -0.240. The van der Waals surface area contributed by atoms with Crippen LogP contribution in [0.2, 0.25) is 0 Å². The number of nitro benzene ring substituents is 1. The number of fused-ring (bicyclic) bond motifs is 2. The molecular weight excluding hydrogens is 436 g/mol. The number of hydrogen-bond donors (Lipinski definition) is 1. The molecule has 0 atom stereocenters. The fourth-order valence-electron chi connectivity index (χ4n) is 3.54. The average molecular weight is 454 g/mol. The van der Waals surface area contributed by atoms with Gasteiger partial charge in [-0.1, -0.05) is 0 Å². The predicted octanol–water partition coefficient (Wildman–Crippen LogP) is 0.867. The number of nitrogens with zero attached hydrogens (tertiary/aromatic N) is 5. The smallest absolute Gasteiger partial charge is 0.407 e. The van der Waals surface area contributed by atoms with Crippen molar-refractivity contribution >= 4 is 39.4 Å². The minimum atomic E-state index is -0.675. The van der Waals surface area contributed by atoms with E-state index in [1.165, 1.54) is 53.7 Å². The van der Waals surface area contributed by atoms with E-state index >= 15 is 0 Å². The molecule has 0 saturated carbocycles. The van der Waals surface area contributed by atoms with Crippen molar-refractivity contribution < 1.29 is 14.1 Å². The van der Waals surface area contributed by atoms with Gasteiger partial charge in [-0.15, -0.1) is 0 Å². The Kier molecular flexibility index (Phi) is 5.37. The van der Waals surface area contributed by atoms with Gasteiger partial charge in [-0.2, -0.15) is 0 Å². The number of rotatable bonds is 6. The van der Waals surface area contributed by atoms with E-state index in [9.17, 15) is 29.3 Å². The number of amides is 1. The Bertz CT molecular complexity index is 1610. The van der Waals surface area contributed by atoms with Crippen LogP contribution in [0.5, 0.6) is 0 Å². The van der Waals surface area contributed by atoms with Gasteiger partial charge in [-0.25, -0.2) is 14.6 Å². The van der Waals surface area contributed by atoms with Crippen molar-refractivity contribution in [2.45, 2.75) is 19.4 Å². The van der Waals surface area contributed by atoms with Gasteiger partial charge in [0.1, 0.15) is 5.65 Å². The van der Waals surface area contributed by atoms with E-state index in [4.69, 9.17) is 4.42 Å². The zero-order valence-corrected chi connectivity index (χ0v) is 17.6. The van der Waals surface area contributed by atoms with E-state index in [2.05, 4.69) is 10.3 Å². The maximum atomic E-state index is 12.4. The number of carbonyl (C=O) groups excluding carboxylic acids is 1. The summed E-state index contributed by atoms with van der Waals surface area (Å²) < 4.78 is 8.56. The Morgan fingerprint density at radius 1 is 1.18 bits per heavy atom. The molecule has 1 amide bonds. The number of aryl methyl sites for hydroxylation is 2. The van der Waals surface area contributed by atoms with Gasteiger partial charge in [0, 0.05) is 33.1 Å². The van der Waals surface area contributed by atoms with Gasteiger partial charge in [0.05, 0.1) is 33.8 Å². The van der Waals surface area contributed by atoms with Crippen LogP contribution in [0.25, 0.3) is 22.1 Å². The van der Waals surface area contributed by atoms with E-state index < -0.39 is 21.9 Å². The van der Waals surface area contributed by atoms with Crippen LogP contribution >= 0.6 is 0 Å². The summed E-state index contributed by atoms with van der Waals surface area (Å²) in [6.45, 7) is 0.162. The molecule has 1 aromatic carbocycles. The molecule has 0 aliphatic rings. The van der Waals surface area contributed by atoms with E-state index in [0.717, 1.165) is 4.57 Å². The molecular formula is C20H18N6O7. The Morgan fingerprint density at radius 3 is 2.67 bits per heavy atom. The standard InChI is InChI=1S/C20H18N6O7/c1-23-17-13(18(28)24(2)19(23)29)8-11(10-21-17)22-16(27)4-3-7-25-14-6-5-12(26(31)32)9-15(14)33-20(25)30/h5-6,8-10H,3-4,7H2,1-2H3,(H,22,27). The topological polar surface area (TPSA) is 164 Å². The number of oxazole rings is 1. The molecule has 0 spiro atoms. The van der Waals surface area contributed by atoms with Crippen LogP contribution in [0.3, 0.4) is 0 Å². The van der Waals surface area contributed by atoms with E-state index in [-0.39, 0.29) is 47.6 Å². The fourth-order valence-corrected chi connectivity index (χ4v) is 3.54. The molecule has 13 heteroatoms. The highest BCUT2D eigenvalue weighted by molar-refractivity contribution is 5.92. The third-order valence-corrected chi connectivity index (χ3v) is 5.23. The fraction of sp³-hybridized carbons (Fsp3) is 0.250. The predicted molar refractivity (Wildman–Crippen MR) is 117 cm³/mol. The molecule has 1 N–H and O–H groups in total. The summed E-state index contributed by atoms with van der Waals surface area (Å²) in [4.78, 5) is 63.2. The highest BCUT2D eigenvalue weighted by atomic mass is 16.6. The van der Waals surface area contributed by atoms with E-state index in [1.807, 2.05) is 0 Å². The van der Waals surface area contributed by atoms with Crippen LogP contribution in [-0.2, 0) is 25.4 Å². The van der Waals surface area contributed by atoms with Crippen molar-refractivity contribution in [1.82, 2.24) is 18.7 Å². The number of nitro groups is 1. The maximum Gasteiger partial charge on any atom is 0.419 e. The number of carbonyl (C=O) groups is 1. The van der Waals surface area contributed by atoms with Gasteiger partial charge in [-0.05, 0) is 18.6 Å². The maximum absolute atomic E-state index is 12.4. The lowest BCUT2D eigenvalue weighted by Crippen LogP contribution is -2.37. The van der Waals surface area contributed by atoms with Crippen molar-refractivity contribution in [3.63, 3.8) is 0 Å². The molecule has 0 fully saturated rings. The molecule has 33 heavy (non-hydrogen) atoms.